The summed E-state index contributed by atoms with van der Waals surface area (Å²) in [5.74, 6) is 0. The third-order valence-electron chi connectivity index (χ3n) is 3.60. The number of nitrogens with one attached hydrogen (secondary N) is 2. The van der Waals surface area contributed by atoms with Crippen LogP contribution in [0.4, 0.5) is 0 Å². The van der Waals surface area contributed by atoms with E-state index in [4.69, 9.17) is 0 Å². The van der Waals surface area contributed by atoms with Crippen molar-refractivity contribution in [2.24, 2.45) is 0 Å². The molecule has 0 aromatic carbocycles. The van der Waals surface area contributed by atoms with E-state index < -0.39 is 0 Å². The molecule has 4 nitrogen and oxygen atoms in total. The summed E-state index contributed by atoms with van der Waals surface area (Å²) in [6.45, 7) is 5.63. The Morgan fingerprint density at radius 1 is 1.53 bits per heavy atom. The Balaban J connectivity index is 1.70. The van der Waals surface area contributed by atoms with E-state index in [-0.39, 0.29) is 0 Å². The van der Waals surface area contributed by atoms with Gasteiger partial charge in [0.05, 0.1) is 0 Å². The number of aromatic nitrogens is 1. The lowest BCUT2D eigenvalue weighted by atomic mass is 10.1. The molecule has 1 aliphatic heterocycles. The van der Waals surface area contributed by atoms with Gasteiger partial charge >= 0.3 is 0 Å². The number of hydrogen-bond donors (Lipinski definition) is 2. The summed E-state index contributed by atoms with van der Waals surface area (Å²) >= 11 is 0. The standard InChI is InChI=1S/C13H24N4/c1-16(11-12-3-5-14-9-12)7-4-13-10-15-6-8-17(13)2/h3,5,9,13-15H,4,6-8,10-11H2,1-2H3. The van der Waals surface area contributed by atoms with Crippen molar-refractivity contribution in [3.05, 3.63) is 24.0 Å². The Kier molecular flexibility index (Phi) is 4.59. The summed E-state index contributed by atoms with van der Waals surface area (Å²) in [5, 5.41) is 3.47. The van der Waals surface area contributed by atoms with Crippen molar-refractivity contribution < 1.29 is 0 Å². The number of piperazine rings is 1. The van der Waals surface area contributed by atoms with Gasteiger partial charge in [-0.05, 0) is 38.7 Å². The van der Waals surface area contributed by atoms with Gasteiger partial charge in [-0.2, -0.15) is 0 Å². The van der Waals surface area contributed by atoms with Gasteiger partial charge in [0.25, 0.3) is 0 Å². The van der Waals surface area contributed by atoms with Crippen LogP contribution in [0.5, 0.6) is 0 Å². The fourth-order valence-corrected chi connectivity index (χ4v) is 2.40. The average Bonchev–Trinajstić information content (AvgIpc) is 2.81. The van der Waals surface area contributed by atoms with Crippen LogP contribution in [0.2, 0.25) is 0 Å². The lowest BCUT2D eigenvalue weighted by molar-refractivity contribution is 0.171. The van der Waals surface area contributed by atoms with E-state index >= 15 is 0 Å². The molecule has 0 saturated carbocycles. The number of H-pyrrole nitrogens is 1. The first-order chi connectivity index (χ1) is 8.25. The average molecular weight is 236 g/mol. The first-order valence-corrected chi connectivity index (χ1v) is 6.47. The molecular weight excluding hydrogens is 212 g/mol. The van der Waals surface area contributed by atoms with Crippen LogP contribution < -0.4 is 5.32 Å². The van der Waals surface area contributed by atoms with Crippen molar-refractivity contribution in [2.45, 2.75) is 19.0 Å². The number of likely N-dealkylation sites (N-methyl/N-ethyl adjacent to an activating group) is 1. The van der Waals surface area contributed by atoms with E-state index in [0.29, 0.717) is 6.04 Å². The monoisotopic (exact) mass is 236 g/mol. The summed E-state index contributed by atoms with van der Waals surface area (Å²) in [4.78, 5) is 7.97. The summed E-state index contributed by atoms with van der Waals surface area (Å²) in [6, 6.07) is 2.84. The summed E-state index contributed by atoms with van der Waals surface area (Å²) in [5.41, 5.74) is 1.36. The third-order valence-corrected chi connectivity index (χ3v) is 3.60. The van der Waals surface area contributed by atoms with Gasteiger partial charge in [-0.15, -0.1) is 0 Å². The lowest BCUT2D eigenvalue weighted by Gasteiger charge is -2.34. The molecule has 0 radical (unpaired) electrons. The minimum absolute atomic E-state index is 0.692. The van der Waals surface area contributed by atoms with Crippen molar-refractivity contribution in [1.29, 1.82) is 0 Å². The van der Waals surface area contributed by atoms with Gasteiger partial charge in [0.2, 0.25) is 0 Å². The molecule has 1 saturated heterocycles. The third kappa shape index (κ3) is 3.84. The highest BCUT2D eigenvalue weighted by Gasteiger charge is 2.18. The number of rotatable bonds is 5. The van der Waals surface area contributed by atoms with Gasteiger partial charge in [0, 0.05) is 44.6 Å². The van der Waals surface area contributed by atoms with E-state index in [1.807, 2.05) is 6.20 Å². The molecular formula is C13H24N4. The molecule has 96 valence electrons. The van der Waals surface area contributed by atoms with Crippen LogP contribution >= 0.6 is 0 Å². The highest BCUT2D eigenvalue weighted by molar-refractivity contribution is 5.07. The molecule has 1 unspecified atom stereocenters. The Bertz CT molecular complexity index is 309. The second-order valence-corrected chi connectivity index (χ2v) is 5.08. The number of nitrogens with zero attached hydrogens (tertiary/aromatic N) is 2. The number of aromatic amines is 1. The zero-order chi connectivity index (χ0) is 12.1. The van der Waals surface area contributed by atoms with Crippen molar-refractivity contribution in [2.75, 3.05) is 40.3 Å². The van der Waals surface area contributed by atoms with E-state index in [1.165, 1.54) is 18.5 Å². The van der Waals surface area contributed by atoms with E-state index in [2.05, 4.69) is 46.5 Å². The minimum Gasteiger partial charge on any atom is -0.367 e. The van der Waals surface area contributed by atoms with Crippen LogP contribution in [0.25, 0.3) is 0 Å². The second-order valence-electron chi connectivity index (χ2n) is 5.08. The predicted octanol–water partition coefficient (Wildman–Crippen LogP) is 0.740. The molecule has 0 aliphatic carbocycles. The topological polar surface area (TPSA) is 34.3 Å². The maximum Gasteiger partial charge on any atom is 0.0245 e. The Morgan fingerprint density at radius 3 is 3.12 bits per heavy atom. The largest absolute Gasteiger partial charge is 0.367 e. The smallest absolute Gasteiger partial charge is 0.0245 e. The quantitative estimate of drug-likeness (QED) is 0.791. The molecule has 0 spiro atoms. The van der Waals surface area contributed by atoms with Gasteiger partial charge in [0.15, 0.2) is 0 Å². The molecule has 1 aromatic heterocycles. The van der Waals surface area contributed by atoms with E-state index in [1.54, 1.807) is 0 Å². The van der Waals surface area contributed by atoms with Gasteiger partial charge in [-0.25, -0.2) is 0 Å². The van der Waals surface area contributed by atoms with Crippen molar-refractivity contribution in [3.63, 3.8) is 0 Å². The fourth-order valence-electron chi connectivity index (χ4n) is 2.40. The van der Waals surface area contributed by atoms with Gasteiger partial charge in [-0.3, -0.25) is 0 Å². The summed E-state index contributed by atoms with van der Waals surface area (Å²) in [6.07, 6.45) is 5.30. The van der Waals surface area contributed by atoms with Gasteiger partial charge < -0.3 is 20.1 Å². The fraction of sp³-hybridized carbons (Fsp3) is 0.692. The maximum absolute atomic E-state index is 3.47. The zero-order valence-corrected chi connectivity index (χ0v) is 10.9. The predicted molar refractivity (Wildman–Crippen MR) is 71.0 cm³/mol. The molecule has 0 bridgehead atoms. The molecule has 0 amide bonds. The normalized spacial score (nSPS) is 22.2. The van der Waals surface area contributed by atoms with Crippen LogP contribution in [0.15, 0.2) is 18.5 Å². The van der Waals surface area contributed by atoms with Crippen LogP contribution in [0.1, 0.15) is 12.0 Å². The summed E-state index contributed by atoms with van der Waals surface area (Å²) in [7, 11) is 4.43. The van der Waals surface area contributed by atoms with Crippen LogP contribution in [-0.2, 0) is 6.54 Å². The SMILES string of the molecule is CN(CCC1CNCCN1C)Cc1cc[nH]c1. The Labute approximate surface area is 104 Å². The maximum atomic E-state index is 3.47. The molecule has 4 heteroatoms. The first kappa shape index (κ1) is 12.6. The van der Waals surface area contributed by atoms with E-state index in [0.717, 1.165) is 26.2 Å². The van der Waals surface area contributed by atoms with Crippen LogP contribution in [0, 0.1) is 0 Å². The van der Waals surface area contributed by atoms with Gasteiger partial charge in [0.1, 0.15) is 0 Å². The highest BCUT2D eigenvalue weighted by Crippen LogP contribution is 2.07. The van der Waals surface area contributed by atoms with Crippen molar-refractivity contribution in [3.8, 4) is 0 Å². The molecule has 2 heterocycles. The Hall–Kier alpha value is -0.840. The zero-order valence-electron chi connectivity index (χ0n) is 10.9. The Morgan fingerprint density at radius 2 is 2.41 bits per heavy atom. The van der Waals surface area contributed by atoms with E-state index in [9.17, 15) is 0 Å². The lowest BCUT2D eigenvalue weighted by Crippen LogP contribution is -2.50. The van der Waals surface area contributed by atoms with Crippen LogP contribution in [-0.4, -0.2) is 61.1 Å². The molecule has 1 fully saturated rings. The van der Waals surface area contributed by atoms with Crippen LogP contribution in [0.3, 0.4) is 0 Å². The summed E-state index contributed by atoms with van der Waals surface area (Å²) < 4.78 is 0. The van der Waals surface area contributed by atoms with Gasteiger partial charge in [-0.1, -0.05) is 0 Å². The second kappa shape index (κ2) is 6.19. The molecule has 1 atom stereocenters. The first-order valence-electron chi connectivity index (χ1n) is 6.47. The molecule has 2 N–H and O–H groups in total. The molecule has 17 heavy (non-hydrogen) atoms. The minimum atomic E-state index is 0.692. The molecule has 2 rings (SSSR count). The van der Waals surface area contributed by atoms with Crippen molar-refractivity contribution >= 4 is 0 Å². The number of hydrogen-bond acceptors (Lipinski definition) is 3. The highest BCUT2D eigenvalue weighted by atomic mass is 15.2. The molecule has 1 aromatic rings. The molecule has 1 aliphatic rings. The van der Waals surface area contributed by atoms with Crippen molar-refractivity contribution in [1.82, 2.24) is 20.1 Å².